The number of anilines is 1. The molecule has 0 aliphatic carbocycles. The van der Waals surface area contributed by atoms with Crippen LogP contribution in [0, 0.1) is 0 Å². The van der Waals surface area contributed by atoms with Gasteiger partial charge in [0.2, 0.25) is 0 Å². The third-order valence-corrected chi connectivity index (χ3v) is 7.14. The average Bonchev–Trinajstić information content (AvgIpc) is 3.38. The molecule has 36 heavy (non-hydrogen) atoms. The maximum absolute atomic E-state index is 14.6. The van der Waals surface area contributed by atoms with Crippen LogP contribution in [0.2, 0.25) is 0 Å². The molecule has 0 spiro atoms. The molecular weight excluding hydrogens is 449 g/mol. The summed E-state index contributed by atoms with van der Waals surface area (Å²) in [4.78, 5) is 9.28. The fraction of sp³-hybridized carbons (Fsp3) is 0.200. The Labute approximate surface area is 210 Å². The maximum Gasteiger partial charge on any atom is 0.146 e. The van der Waals surface area contributed by atoms with Gasteiger partial charge in [-0.25, -0.2) is 14.4 Å². The molecule has 1 aliphatic heterocycles. The lowest BCUT2D eigenvalue weighted by Crippen LogP contribution is -2.46. The Hall–Kier alpha value is -4.03. The van der Waals surface area contributed by atoms with Crippen molar-refractivity contribution >= 4 is 16.9 Å². The first-order valence-electron chi connectivity index (χ1n) is 12.4. The average molecular weight is 478 g/mol. The van der Waals surface area contributed by atoms with E-state index in [-0.39, 0.29) is 6.04 Å². The molecule has 0 amide bonds. The smallest absolute Gasteiger partial charge is 0.146 e. The second kappa shape index (κ2) is 9.55. The van der Waals surface area contributed by atoms with E-state index < -0.39 is 11.7 Å². The summed E-state index contributed by atoms with van der Waals surface area (Å²) in [6.45, 7) is 1.26. The Kier molecular flexibility index (Phi) is 5.95. The minimum absolute atomic E-state index is 0.331. The predicted molar refractivity (Wildman–Crippen MR) is 142 cm³/mol. The number of alkyl halides is 1. The zero-order valence-corrected chi connectivity index (χ0v) is 19.9. The Bertz CT molecular complexity index is 1340. The SMILES string of the molecule is F[C@H]1CCNC[C@@H]1Nc1ncnc2c1ccn2C(c1ccccc1)(c1ccccc1)c1ccccc1. The molecule has 5 aromatic rings. The number of nitrogens with one attached hydrogen (secondary N) is 2. The molecule has 3 heterocycles. The summed E-state index contributed by atoms with van der Waals surface area (Å²) in [7, 11) is 0. The molecule has 1 saturated heterocycles. The van der Waals surface area contributed by atoms with Gasteiger partial charge in [-0.1, -0.05) is 91.0 Å². The van der Waals surface area contributed by atoms with Crippen molar-refractivity contribution in [3.05, 3.63) is 126 Å². The number of hydrogen-bond donors (Lipinski definition) is 2. The van der Waals surface area contributed by atoms with E-state index in [0.29, 0.717) is 25.3 Å². The molecule has 0 saturated carbocycles. The third kappa shape index (κ3) is 3.74. The van der Waals surface area contributed by atoms with E-state index in [1.54, 1.807) is 6.33 Å². The summed E-state index contributed by atoms with van der Waals surface area (Å²) in [6, 6.07) is 33.2. The van der Waals surface area contributed by atoms with Crippen molar-refractivity contribution in [1.82, 2.24) is 19.9 Å². The van der Waals surface area contributed by atoms with Crippen LogP contribution in [0.5, 0.6) is 0 Å². The van der Waals surface area contributed by atoms with E-state index >= 15 is 0 Å². The van der Waals surface area contributed by atoms with Crippen LogP contribution in [0.4, 0.5) is 10.2 Å². The van der Waals surface area contributed by atoms with Crippen LogP contribution in [0.3, 0.4) is 0 Å². The van der Waals surface area contributed by atoms with Crippen molar-refractivity contribution in [2.24, 2.45) is 0 Å². The van der Waals surface area contributed by atoms with Gasteiger partial charge in [-0.05, 0) is 35.7 Å². The van der Waals surface area contributed by atoms with Crippen molar-refractivity contribution in [3.8, 4) is 0 Å². The van der Waals surface area contributed by atoms with Gasteiger partial charge in [-0.3, -0.25) is 0 Å². The quantitative estimate of drug-likeness (QED) is 0.322. The molecule has 6 heteroatoms. The van der Waals surface area contributed by atoms with E-state index in [1.165, 1.54) is 0 Å². The summed E-state index contributed by atoms with van der Waals surface area (Å²) in [5, 5.41) is 7.50. The van der Waals surface area contributed by atoms with Gasteiger partial charge >= 0.3 is 0 Å². The molecule has 3 aromatic carbocycles. The number of benzene rings is 3. The van der Waals surface area contributed by atoms with E-state index in [2.05, 4.69) is 99.2 Å². The summed E-state index contributed by atoms with van der Waals surface area (Å²) >= 11 is 0. The first kappa shape index (κ1) is 22.4. The van der Waals surface area contributed by atoms with Gasteiger partial charge in [-0.15, -0.1) is 0 Å². The fourth-order valence-electron chi connectivity index (χ4n) is 5.44. The summed E-state index contributed by atoms with van der Waals surface area (Å²) in [6.07, 6.45) is 3.21. The van der Waals surface area contributed by atoms with Crippen LogP contribution in [0.15, 0.2) is 110 Å². The second-order valence-corrected chi connectivity index (χ2v) is 9.21. The van der Waals surface area contributed by atoms with Gasteiger partial charge < -0.3 is 15.2 Å². The van der Waals surface area contributed by atoms with Gasteiger partial charge in [0, 0.05) is 12.7 Å². The Morgan fingerprint density at radius 3 is 1.94 bits per heavy atom. The topological polar surface area (TPSA) is 54.8 Å². The molecule has 6 rings (SSSR count). The molecule has 5 nitrogen and oxygen atoms in total. The Morgan fingerprint density at radius 1 is 0.806 bits per heavy atom. The van der Waals surface area contributed by atoms with E-state index in [0.717, 1.165) is 27.7 Å². The highest BCUT2D eigenvalue weighted by atomic mass is 19.1. The van der Waals surface area contributed by atoms with E-state index in [4.69, 9.17) is 4.98 Å². The first-order chi connectivity index (χ1) is 17.8. The third-order valence-electron chi connectivity index (χ3n) is 7.14. The highest BCUT2D eigenvalue weighted by Crippen LogP contribution is 2.43. The van der Waals surface area contributed by atoms with Crippen molar-refractivity contribution in [2.75, 3.05) is 18.4 Å². The monoisotopic (exact) mass is 477 g/mol. The number of halogens is 1. The Morgan fingerprint density at radius 2 is 1.39 bits per heavy atom. The number of fused-ring (bicyclic) bond motifs is 1. The zero-order chi connectivity index (χ0) is 24.4. The lowest BCUT2D eigenvalue weighted by Gasteiger charge is -2.38. The molecule has 0 radical (unpaired) electrons. The van der Waals surface area contributed by atoms with Crippen molar-refractivity contribution in [2.45, 2.75) is 24.2 Å². The highest BCUT2D eigenvalue weighted by molar-refractivity contribution is 5.88. The number of aromatic nitrogens is 3. The largest absolute Gasteiger partial charge is 0.362 e. The minimum Gasteiger partial charge on any atom is -0.362 e. The molecule has 0 unspecified atom stereocenters. The van der Waals surface area contributed by atoms with Gasteiger partial charge in [0.25, 0.3) is 0 Å². The van der Waals surface area contributed by atoms with Crippen LogP contribution in [-0.4, -0.2) is 39.8 Å². The molecule has 1 aliphatic rings. The highest BCUT2D eigenvalue weighted by Gasteiger charge is 2.39. The van der Waals surface area contributed by atoms with Crippen LogP contribution in [0.1, 0.15) is 23.1 Å². The summed E-state index contributed by atoms with van der Waals surface area (Å²) in [5.74, 6) is 0.651. The molecule has 1 fully saturated rings. The molecular formula is C30H28FN5. The van der Waals surface area contributed by atoms with Gasteiger partial charge in [0.15, 0.2) is 0 Å². The molecule has 2 aromatic heterocycles. The molecule has 2 N–H and O–H groups in total. The zero-order valence-electron chi connectivity index (χ0n) is 19.9. The number of rotatable bonds is 6. The lowest BCUT2D eigenvalue weighted by molar-refractivity contribution is 0.241. The van der Waals surface area contributed by atoms with Gasteiger partial charge in [0.1, 0.15) is 29.5 Å². The maximum atomic E-state index is 14.6. The predicted octanol–water partition coefficient (Wildman–Crippen LogP) is 5.38. The normalized spacial score (nSPS) is 18.2. The molecule has 180 valence electrons. The number of nitrogens with zero attached hydrogens (tertiary/aromatic N) is 3. The number of piperidine rings is 1. The van der Waals surface area contributed by atoms with Crippen LogP contribution in [0.25, 0.3) is 11.0 Å². The number of hydrogen-bond acceptors (Lipinski definition) is 4. The van der Waals surface area contributed by atoms with Crippen LogP contribution in [-0.2, 0) is 5.54 Å². The van der Waals surface area contributed by atoms with E-state index in [9.17, 15) is 4.39 Å². The Balaban J connectivity index is 1.60. The summed E-state index contributed by atoms with van der Waals surface area (Å²) in [5.41, 5.74) is 3.46. The van der Waals surface area contributed by atoms with Gasteiger partial charge in [-0.2, -0.15) is 0 Å². The molecule has 0 bridgehead atoms. The van der Waals surface area contributed by atoms with Crippen molar-refractivity contribution in [3.63, 3.8) is 0 Å². The lowest BCUT2D eigenvalue weighted by atomic mass is 9.76. The first-order valence-corrected chi connectivity index (χ1v) is 12.4. The van der Waals surface area contributed by atoms with Crippen LogP contribution < -0.4 is 10.6 Å². The minimum atomic E-state index is -0.921. The fourth-order valence-corrected chi connectivity index (χ4v) is 5.44. The standard InChI is InChI=1S/C30H28FN5/c31-26-16-18-32-20-27(26)35-28-25-17-19-36(29(25)34-21-33-28)30(22-10-4-1-5-11-22,23-12-6-2-7-13-23)24-14-8-3-9-15-24/h1-15,17,19,21,26-27,32H,16,18,20H2,(H,33,34,35)/t26-,27-/m0/s1. The second-order valence-electron chi connectivity index (χ2n) is 9.21. The van der Waals surface area contributed by atoms with E-state index in [1.807, 2.05) is 24.3 Å². The van der Waals surface area contributed by atoms with Crippen molar-refractivity contribution in [1.29, 1.82) is 0 Å². The van der Waals surface area contributed by atoms with Crippen LogP contribution >= 0.6 is 0 Å². The van der Waals surface area contributed by atoms with Crippen molar-refractivity contribution < 1.29 is 4.39 Å². The molecule has 2 atom stereocenters. The van der Waals surface area contributed by atoms with Gasteiger partial charge in [0.05, 0.1) is 11.4 Å². The summed E-state index contributed by atoms with van der Waals surface area (Å²) < 4.78 is 16.9.